The molecule has 0 fully saturated rings. The number of carbonyl (C=O) groups is 1. The maximum Gasteiger partial charge on any atom is 0.346 e. The van der Waals surface area contributed by atoms with Crippen molar-refractivity contribution >= 4 is 38.3 Å². The molecule has 0 radical (unpaired) electrons. The van der Waals surface area contributed by atoms with E-state index >= 15 is 0 Å². The van der Waals surface area contributed by atoms with Crippen LogP contribution in [-0.4, -0.2) is 16.1 Å². The van der Waals surface area contributed by atoms with Crippen LogP contribution in [0.3, 0.4) is 0 Å². The lowest BCUT2D eigenvalue weighted by Crippen LogP contribution is -2.00. The molecule has 0 spiro atoms. The number of nitrogens with zero attached hydrogens (tertiary/aromatic N) is 1. The molecular weight excluding hydrogens is 446 g/mol. The lowest BCUT2D eigenvalue weighted by Gasteiger charge is -2.11. The van der Waals surface area contributed by atoms with Crippen LogP contribution in [0, 0.1) is 13.8 Å². The molecule has 0 aliphatic heterocycles. The van der Waals surface area contributed by atoms with Gasteiger partial charge in [0.15, 0.2) is 0 Å². The molecule has 0 saturated heterocycles. The van der Waals surface area contributed by atoms with E-state index in [1.807, 2.05) is 80.6 Å². The Labute approximate surface area is 201 Å². The Balaban J connectivity index is 1.23. The summed E-state index contributed by atoms with van der Waals surface area (Å²) in [6.07, 6.45) is 0. The standard InChI is InChI=1S/C28H23NO4S/c1-17-24(13-14-25-26(17)18(2)27(34-25)28(30)31)33-15-19-7-11-22(12-8-19)32-16-21-10-9-20-5-3-4-6-23(20)29-21/h3-14H,15-16H2,1-2H3,(H,30,31). The Morgan fingerprint density at radius 1 is 0.882 bits per heavy atom. The number of pyridine rings is 1. The zero-order valence-electron chi connectivity index (χ0n) is 18.9. The number of hydrogen-bond donors (Lipinski definition) is 1. The molecule has 0 aliphatic carbocycles. The second-order valence-electron chi connectivity index (χ2n) is 8.14. The van der Waals surface area contributed by atoms with Crippen LogP contribution >= 0.6 is 11.3 Å². The monoisotopic (exact) mass is 469 g/mol. The molecule has 0 amide bonds. The van der Waals surface area contributed by atoms with Gasteiger partial charge >= 0.3 is 5.97 Å². The van der Waals surface area contributed by atoms with Crippen LogP contribution in [0.25, 0.3) is 21.0 Å². The summed E-state index contributed by atoms with van der Waals surface area (Å²) in [5.74, 6) is 0.638. The van der Waals surface area contributed by atoms with E-state index in [1.54, 1.807) is 0 Å². The molecule has 0 atom stereocenters. The molecule has 3 aromatic carbocycles. The summed E-state index contributed by atoms with van der Waals surface area (Å²) in [4.78, 5) is 16.5. The molecular formula is C28H23NO4S. The van der Waals surface area contributed by atoms with Gasteiger partial charge in [-0.2, -0.15) is 0 Å². The van der Waals surface area contributed by atoms with Crippen molar-refractivity contribution in [2.24, 2.45) is 0 Å². The molecule has 1 N–H and O–H groups in total. The lowest BCUT2D eigenvalue weighted by atomic mass is 10.1. The Bertz CT molecular complexity index is 1500. The molecule has 5 nitrogen and oxygen atoms in total. The highest BCUT2D eigenvalue weighted by molar-refractivity contribution is 7.21. The van der Waals surface area contributed by atoms with E-state index in [-0.39, 0.29) is 0 Å². The summed E-state index contributed by atoms with van der Waals surface area (Å²) < 4.78 is 12.9. The van der Waals surface area contributed by atoms with Crippen LogP contribution in [0.2, 0.25) is 0 Å². The Morgan fingerprint density at radius 2 is 1.68 bits per heavy atom. The highest BCUT2D eigenvalue weighted by atomic mass is 32.1. The first-order valence-corrected chi connectivity index (χ1v) is 11.8. The van der Waals surface area contributed by atoms with E-state index in [0.29, 0.717) is 18.1 Å². The fraction of sp³-hybridized carbons (Fsp3) is 0.143. The summed E-state index contributed by atoms with van der Waals surface area (Å²) >= 11 is 1.30. The smallest absolute Gasteiger partial charge is 0.346 e. The van der Waals surface area contributed by atoms with Gasteiger partial charge in [0, 0.05) is 15.5 Å². The van der Waals surface area contributed by atoms with Crippen molar-refractivity contribution in [1.82, 2.24) is 4.98 Å². The number of aromatic nitrogens is 1. The van der Waals surface area contributed by atoms with Crippen molar-refractivity contribution in [2.75, 3.05) is 0 Å². The molecule has 0 bridgehead atoms. The molecule has 170 valence electrons. The zero-order chi connectivity index (χ0) is 23.7. The van der Waals surface area contributed by atoms with Gasteiger partial charge in [-0.3, -0.25) is 0 Å². The zero-order valence-corrected chi connectivity index (χ0v) is 19.7. The third-order valence-electron chi connectivity index (χ3n) is 5.86. The van der Waals surface area contributed by atoms with Crippen LogP contribution in [0.5, 0.6) is 11.5 Å². The van der Waals surface area contributed by atoms with Crippen molar-refractivity contribution in [2.45, 2.75) is 27.1 Å². The molecule has 6 heteroatoms. The minimum atomic E-state index is -0.890. The van der Waals surface area contributed by atoms with Gasteiger partial charge in [0.2, 0.25) is 0 Å². The quantitative estimate of drug-likeness (QED) is 0.280. The topological polar surface area (TPSA) is 68.7 Å². The van der Waals surface area contributed by atoms with Gasteiger partial charge in [0.05, 0.1) is 11.2 Å². The van der Waals surface area contributed by atoms with Gasteiger partial charge < -0.3 is 14.6 Å². The first-order chi connectivity index (χ1) is 16.5. The summed E-state index contributed by atoms with van der Waals surface area (Å²) in [5, 5.41) is 11.5. The predicted octanol–water partition coefficient (Wildman–Crippen LogP) is 6.92. The molecule has 5 aromatic rings. The van der Waals surface area contributed by atoms with Gasteiger partial charge in [0.25, 0.3) is 0 Å². The fourth-order valence-electron chi connectivity index (χ4n) is 4.07. The van der Waals surface area contributed by atoms with Crippen LogP contribution in [0.15, 0.2) is 72.8 Å². The van der Waals surface area contributed by atoms with Crippen molar-refractivity contribution in [1.29, 1.82) is 0 Å². The van der Waals surface area contributed by atoms with E-state index in [1.165, 1.54) is 11.3 Å². The third-order valence-corrected chi connectivity index (χ3v) is 7.10. The van der Waals surface area contributed by atoms with E-state index in [9.17, 15) is 9.90 Å². The van der Waals surface area contributed by atoms with Crippen LogP contribution < -0.4 is 9.47 Å². The Morgan fingerprint density at radius 3 is 2.47 bits per heavy atom. The highest BCUT2D eigenvalue weighted by Crippen LogP contribution is 2.37. The molecule has 2 aromatic heterocycles. The maximum absolute atomic E-state index is 11.5. The van der Waals surface area contributed by atoms with Gasteiger partial charge in [-0.25, -0.2) is 9.78 Å². The number of para-hydroxylation sites is 1. The third kappa shape index (κ3) is 4.32. The highest BCUT2D eigenvalue weighted by Gasteiger charge is 2.17. The second-order valence-corrected chi connectivity index (χ2v) is 9.19. The van der Waals surface area contributed by atoms with Crippen molar-refractivity contribution in [3.8, 4) is 11.5 Å². The Kier molecular flexibility index (Phi) is 5.90. The summed E-state index contributed by atoms with van der Waals surface area (Å²) in [5.41, 5.74) is 4.61. The Hall–Kier alpha value is -3.90. The number of ether oxygens (including phenoxy) is 2. The summed E-state index contributed by atoms with van der Waals surface area (Å²) in [6, 6.07) is 23.7. The first-order valence-electron chi connectivity index (χ1n) is 10.9. The number of hydrogen-bond acceptors (Lipinski definition) is 5. The average Bonchev–Trinajstić information content (AvgIpc) is 3.20. The van der Waals surface area contributed by atoms with Crippen LogP contribution in [-0.2, 0) is 13.2 Å². The minimum absolute atomic E-state index is 0.379. The number of thiophene rings is 1. The first kappa shape index (κ1) is 21.9. The maximum atomic E-state index is 11.5. The normalized spacial score (nSPS) is 11.1. The van der Waals surface area contributed by atoms with E-state index in [4.69, 9.17) is 9.47 Å². The number of fused-ring (bicyclic) bond motifs is 2. The molecule has 0 unspecified atom stereocenters. The van der Waals surface area contributed by atoms with Crippen molar-refractivity contribution in [3.63, 3.8) is 0 Å². The molecule has 0 aliphatic rings. The van der Waals surface area contributed by atoms with E-state index < -0.39 is 5.97 Å². The van der Waals surface area contributed by atoms with Gasteiger partial charge in [-0.1, -0.05) is 36.4 Å². The lowest BCUT2D eigenvalue weighted by molar-refractivity contribution is 0.0701. The van der Waals surface area contributed by atoms with E-state index in [2.05, 4.69) is 11.1 Å². The van der Waals surface area contributed by atoms with Crippen molar-refractivity contribution < 1.29 is 19.4 Å². The van der Waals surface area contributed by atoms with Gasteiger partial charge in [-0.05, 0) is 66.9 Å². The fourth-order valence-corrected chi connectivity index (χ4v) is 5.17. The largest absolute Gasteiger partial charge is 0.489 e. The number of aryl methyl sites for hydroxylation is 2. The number of aromatic carboxylic acids is 1. The SMILES string of the molecule is Cc1c(OCc2ccc(OCc3ccc4ccccc4n3)cc2)ccc2sc(C(=O)O)c(C)c12. The minimum Gasteiger partial charge on any atom is -0.489 e. The predicted molar refractivity (Wildman–Crippen MR) is 135 cm³/mol. The number of carboxylic acids is 1. The number of rotatable bonds is 7. The number of benzene rings is 3. The molecule has 5 rings (SSSR count). The number of carboxylic acid groups (broad SMARTS) is 1. The molecule has 34 heavy (non-hydrogen) atoms. The summed E-state index contributed by atoms with van der Waals surface area (Å²) in [6.45, 7) is 4.64. The molecule has 2 heterocycles. The van der Waals surface area contributed by atoms with Crippen LogP contribution in [0.1, 0.15) is 32.1 Å². The van der Waals surface area contributed by atoms with Gasteiger partial charge in [0.1, 0.15) is 29.6 Å². The van der Waals surface area contributed by atoms with Crippen molar-refractivity contribution in [3.05, 3.63) is 100 Å². The molecule has 0 saturated carbocycles. The van der Waals surface area contributed by atoms with E-state index in [0.717, 1.165) is 54.9 Å². The second kappa shape index (κ2) is 9.15. The van der Waals surface area contributed by atoms with Crippen LogP contribution in [0.4, 0.5) is 0 Å². The van der Waals surface area contributed by atoms with Gasteiger partial charge in [-0.15, -0.1) is 11.3 Å². The summed E-state index contributed by atoms with van der Waals surface area (Å²) in [7, 11) is 0. The average molecular weight is 470 g/mol.